The van der Waals surface area contributed by atoms with Crippen molar-refractivity contribution >= 4 is 22.4 Å². The first-order valence-corrected chi connectivity index (χ1v) is 7.95. The van der Waals surface area contributed by atoms with E-state index < -0.39 is 0 Å². The van der Waals surface area contributed by atoms with Crippen molar-refractivity contribution in [3.8, 4) is 17.1 Å². The van der Waals surface area contributed by atoms with Gasteiger partial charge in [0.25, 0.3) is 5.91 Å². The highest BCUT2D eigenvalue weighted by Crippen LogP contribution is 2.23. The Kier molecular flexibility index (Phi) is 4.63. The van der Waals surface area contributed by atoms with Crippen LogP contribution in [0.2, 0.25) is 0 Å². The van der Waals surface area contributed by atoms with Gasteiger partial charge in [-0.2, -0.15) is 0 Å². The number of carbonyl (C=O) groups excluding carboxylic acids is 1. The molecule has 3 aromatic rings. The van der Waals surface area contributed by atoms with Gasteiger partial charge < -0.3 is 4.74 Å². The third kappa shape index (κ3) is 4.14. The number of aromatic nitrogens is 2. The number of ether oxygens (including phenoxy) is 1. The molecule has 0 radical (unpaired) electrons. The first kappa shape index (κ1) is 15.2. The van der Waals surface area contributed by atoms with E-state index in [2.05, 4.69) is 15.3 Å². The number of nitrogens with one attached hydrogen (secondary N) is 1. The Morgan fingerprint density at radius 1 is 1.22 bits per heavy atom. The summed E-state index contributed by atoms with van der Waals surface area (Å²) < 4.78 is 5.46. The molecule has 0 spiro atoms. The number of anilines is 1. The highest BCUT2D eigenvalue weighted by atomic mass is 32.1. The van der Waals surface area contributed by atoms with Gasteiger partial charge in [-0.3, -0.25) is 15.1 Å². The minimum atomic E-state index is -0.242. The SMILES string of the molecule is Cc1cccc(OCC(=O)Nc2nc(-c3ccccn3)cs2)c1. The Morgan fingerprint density at radius 2 is 2.13 bits per heavy atom. The van der Waals surface area contributed by atoms with E-state index in [9.17, 15) is 4.79 Å². The van der Waals surface area contributed by atoms with Crippen LogP contribution >= 0.6 is 11.3 Å². The Morgan fingerprint density at radius 3 is 2.91 bits per heavy atom. The van der Waals surface area contributed by atoms with Gasteiger partial charge >= 0.3 is 0 Å². The molecule has 6 heteroatoms. The second-order valence-corrected chi connectivity index (χ2v) is 5.76. The first-order chi connectivity index (χ1) is 11.2. The lowest BCUT2D eigenvalue weighted by molar-refractivity contribution is -0.118. The minimum absolute atomic E-state index is 0.0536. The summed E-state index contributed by atoms with van der Waals surface area (Å²) >= 11 is 1.36. The predicted molar refractivity (Wildman–Crippen MR) is 90.6 cm³/mol. The van der Waals surface area contributed by atoms with Crippen molar-refractivity contribution in [3.63, 3.8) is 0 Å². The highest BCUT2D eigenvalue weighted by molar-refractivity contribution is 7.14. The van der Waals surface area contributed by atoms with Gasteiger partial charge in [-0.15, -0.1) is 11.3 Å². The lowest BCUT2D eigenvalue weighted by Gasteiger charge is -2.06. The Balaban J connectivity index is 1.57. The van der Waals surface area contributed by atoms with Crippen molar-refractivity contribution < 1.29 is 9.53 Å². The van der Waals surface area contributed by atoms with Crippen molar-refractivity contribution in [2.75, 3.05) is 11.9 Å². The molecule has 0 unspecified atom stereocenters. The zero-order valence-electron chi connectivity index (χ0n) is 12.5. The van der Waals surface area contributed by atoms with Gasteiger partial charge in [-0.05, 0) is 36.8 Å². The van der Waals surface area contributed by atoms with Gasteiger partial charge in [0.2, 0.25) is 0 Å². The van der Waals surface area contributed by atoms with E-state index in [4.69, 9.17) is 4.74 Å². The molecule has 116 valence electrons. The van der Waals surface area contributed by atoms with Crippen LogP contribution in [0.3, 0.4) is 0 Å². The Bertz CT molecular complexity index is 802. The summed E-state index contributed by atoms with van der Waals surface area (Å²) in [5.74, 6) is 0.432. The monoisotopic (exact) mass is 325 g/mol. The molecule has 2 heterocycles. The fourth-order valence-corrected chi connectivity index (χ4v) is 2.69. The minimum Gasteiger partial charge on any atom is -0.484 e. The van der Waals surface area contributed by atoms with Gasteiger partial charge in [-0.25, -0.2) is 4.98 Å². The largest absolute Gasteiger partial charge is 0.484 e. The van der Waals surface area contributed by atoms with Gasteiger partial charge in [-0.1, -0.05) is 18.2 Å². The number of carbonyl (C=O) groups is 1. The number of thiazole rings is 1. The summed E-state index contributed by atoms with van der Waals surface area (Å²) in [7, 11) is 0. The van der Waals surface area contributed by atoms with E-state index in [-0.39, 0.29) is 12.5 Å². The van der Waals surface area contributed by atoms with Gasteiger partial charge in [0.15, 0.2) is 11.7 Å². The van der Waals surface area contributed by atoms with Crippen LogP contribution in [-0.4, -0.2) is 22.5 Å². The summed E-state index contributed by atoms with van der Waals surface area (Å²) in [6, 6.07) is 13.2. The smallest absolute Gasteiger partial charge is 0.264 e. The number of nitrogens with zero attached hydrogens (tertiary/aromatic N) is 2. The van der Waals surface area contributed by atoms with Crippen LogP contribution in [0.4, 0.5) is 5.13 Å². The van der Waals surface area contributed by atoms with Crippen LogP contribution < -0.4 is 10.1 Å². The summed E-state index contributed by atoms with van der Waals surface area (Å²) in [6.07, 6.45) is 1.71. The van der Waals surface area contributed by atoms with Crippen LogP contribution in [0.5, 0.6) is 5.75 Å². The molecule has 0 atom stereocenters. The van der Waals surface area contributed by atoms with Crippen molar-refractivity contribution in [1.29, 1.82) is 0 Å². The lowest BCUT2D eigenvalue weighted by atomic mass is 10.2. The fourth-order valence-electron chi connectivity index (χ4n) is 1.97. The maximum atomic E-state index is 11.9. The quantitative estimate of drug-likeness (QED) is 0.779. The van der Waals surface area contributed by atoms with Gasteiger partial charge in [0, 0.05) is 11.6 Å². The van der Waals surface area contributed by atoms with Crippen molar-refractivity contribution in [2.24, 2.45) is 0 Å². The summed E-state index contributed by atoms with van der Waals surface area (Å²) in [4.78, 5) is 20.5. The van der Waals surface area contributed by atoms with Gasteiger partial charge in [0.1, 0.15) is 11.4 Å². The Labute approximate surface area is 138 Å². The molecule has 0 fully saturated rings. The maximum absolute atomic E-state index is 11.9. The molecule has 1 N–H and O–H groups in total. The van der Waals surface area contributed by atoms with E-state index in [1.165, 1.54) is 11.3 Å². The summed E-state index contributed by atoms with van der Waals surface area (Å²) in [5.41, 5.74) is 2.61. The number of rotatable bonds is 5. The van der Waals surface area contributed by atoms with Crippen LogP contribution in [-0.2, 0) is 4.79 Å². The van der Waals surface area contributed by atoms with E-state index in [1.807, 2.05) is 54.8 Å². The zero-order valence-corrected chi connectivity index (χ0v) is 13.3. The molecule has 0 saturated heterocycles. The molecule has 2 aromatic heterocycles. The molecule has 0 aliphatic carbocycles. The highest BCUT2D eigenvalue weighted by Gasteiger charge is 2.09. The van der Waals surface area contributed by atoms with E-state index in [0.717, 1.165) is 17.0 Å². The molecule has 1 amide bonds. The molecule has 0 aliphatic rings. The molecule has 23 heavy (non-hydrogen) atoms. The first-order valence-electron chi connectivity index (χ1n) is 7.07. The van der Waals surface area contributed by atoms with Gasteiger partial charge in [0.05, 0.1) is 5.69 Å². The second-order valence-electron chi connectivity index (χ2n) is 4.91. The van der Waals surface area contributed by atoms with Crippen molar-refractivity contribution in [1.82, 2.24) is 9.97 Å². The van der Waals surface area contributed by atoms with E-state index >= 15 is 0 Å². The Hall–Kier alpha value is -2.73. The van der Waals surface area contributed by atoms with Crippen LogP contribution in [0.25, 0.3) is 11.4 Å². The summed E-state index contributed by atoms with van der Waals surface area (Å²) in [5, 5.41) is 5.12. The van der Waals surface area contributed by atoms with Crippen molar-refractivity contribution in [2.45, 2.75) is 6.92 Å². The fraction of sp³-hybridized carbons (Fsp3) is 0.118. The average molecular weight is 325 g/mol. The molecule has 1 aromatic carbocycles. The van der Waals surface area contributed by atoms with Crippen LogP contribution in [0, 0.1) is 6.92 Å². The third-order valence-corrected chi connectivity index (χ3v) is 3.80. The number of aryl methyl sites for hydroxylation is 1. The lowest BCUT2D eigenvalue weighted by Crippen LogP contribution is -2.20. The standard InChI is InChI=1S/C17H15N3O2S/c1-12-5-4-6-13(9-12)22-10-16(21)20-17-19-15(11-23-17)14-7-2-3-8-18-14/h2-9,11H,10H2,1H3,(H,19,20,21). The average Bonchev–Trinajstić information content (AvgIpc) is 3.02. The van der Waals surface area contributed by atoms with Crippen LogP contribution in [0.15, 0.2) is 54.0 Å². The third-order valence-electron chi connectivity index (χ3n) is 3.04. The van der Waals surface area contributed by atoms with Crippen molar-refractivity contribution in [3.05, 3.63) is 59.6 Å². The molecule has 0 bridgehead atoms. The number of hydrogen-bond acceptors (Lipinski definition) is 5. The molecular formula is C17H15N3O2S. The second kappa shape index (κ2) is 7.02. The predicted octanol–water partition coefficient (Wildman–Crippen LogP) is 3.53. The molecule has 0 saturated carbocycles. The van der Waals surface area contributed by atoms with Crippen LogP contribution in [0.1, 0.15) is 5.56 Å². The normalized spacial score (nSPS) is 10.3. The molecule has 5 nitrogen and oxygen atoms in total. The van der Waals surface area contributed by atoms with E-state index in [0.29, 0.717) is 10.9 Å². The molecule has 0 aliphatic heterocycles. The number of amides is 1. The number of hydrogen-bond donors (Lipinski definition) is 1. The maximum Gasteiger partial charge on any atom is 0.264 e. The zero-order chi connectivity index (χ0) is 16.1. The van der Waals surface area contributed by atoms with E-state index in [1.54, 1.807) is 6.20 Å². The molecule has 3 rings (SSSR count). The topological polar surface area (TPSA) is 64.1 Å². The number of benzene rings is 1. The summed E-state index contributed by atoms with van der Waals surface area (Å²) in [6.45, 7) is 1.92. The number of pyridine rings is 1. The molecular weight excluding hydrogens is 310 g/mol.